The molecule has 0 saturated heterocycles. The molecule has 1 aromatic carbocycles. The van der Waals surface area contributed by atoms with Crippen LogP contribution in [0.25, 0.3) is 21.3 Å². The van der Waals surface area contributed by atoms with Crippen molar-refractivity contribution in [2.24, 2.45) is 5.73 Å². The predicted molar refractivity (Wildman–Crippen MR) is 105 cm³/mol. The highest BCUT2D eigenvalue weighted by Gasteiger charge is 2.17. The van der Waals surface area contributed by atoms with Gasteiger partial charge in [0.25, 0.3) is 5.56 Å². The lowest BCUT2D eigenvalue weighted by atomic mass is 10.0. The Balaban J connectivity index is 2.06. The van der Waals surface area contributed by atoms with Crippen LogP contribution in [0.3, 0.4) is 0 Å². The Morgan fingerprint density at radius 1 is 1.40 bits per heavy atom. The summed E-state index contributed by atoms with van der Waals surface area (Å²) < 4.78 is 0. The van der Waals surface area contributed by atoms with Gasteiger partial charge >= 0.3 is 0 Å². The van der Waals surface area contributed by atoms with E-state index in [1.807, 2.05) is 32.0 Å². The highest BCUT2D eigenvalue weighted by molar-refractivity contribution is 7.99. The zero-order valence-electron chi connectivity index (χ0n) is 13.7. The van der Waals surface area contributed by atoms with Gasteiger partial charge in [-0.25, -0.2) is 4.98 Å². The van der Waals surface area contributed by atoms with E-state index in [4.69, 9.17) is 17.3 Å². The van der Waals surface area contributed by atoms with E-state index >= 15 is 0 Å². The fourth-order valence-corrected chi connectivity index (χ4v) is 4.60. The third-order valence-electron chi connectivity index (χ3n) is 3.75. The predicted octanol–water partition coefficient (Wildman–Crippen LogP) is 3.89. The first-order valence-electron chi connectivity index (χ1n) is 7.58. The minimum absolute atomic E-state index is 0.182. The third-order valence-corrected chi connectivity index (χ3v) is 6.05. The fourth-order valence-electron chi connectivity index (χ4n) is 2.56. The number of nitrogens with zero attached hydrogens (tertiary/aromatic N) is 1. The minimum Gasteiger partial charge on any atom is -0.370 e. The molecule has 0 saturated carbocycles. The standard InChI is InChI=1S/C17H16ClN3O2S2/c1-8-7-10(3-4-11(8)18)13-9(2)25-16-14(13)15(23)20-17(21-16)24-6-5-12(19)22/h3-4,7H,5-6H2,1-2H3,(H2,19,22)(H,20,21,23). The first kappa shape index (κ1) is 18.0. The van der Waals surface area contributed by atoms with Crippen LogP contribution in [0, 0.1) is 13.8 Å². The number of thiophene rings is 1. The van der Waals surface area contributed by atoms with Crippen molar-refractivity contribution in [3.05, 3.63) is 44.0 Å². The van der Waals surface area contributed by atoms with Crippen molar-refractivity contribution in [1.29, 1.82) is 0 Å². The number of fused-ring (bicyclic) bond motifs is 1. The zero-order chi connectivity index (χ0) is 18.1. The lowest BCUT2D eigenvalue weighted by molar-refractivity contribution is -0.117. The molecule has 130 valence electrons. The number of nitrogens with two attached hydrogens (primary N) is 1. The van der Waals surface area contributed by atoms with Gasteiger partial charge in [0.2, 0.25) is 5.91 Å². The molecule has 25 heavy (non-hydrogen) atoms. The Morgan fingerprint density at radius 3 is 2.84 bits per heavy atom. The molecule has 8 heteroatoms. The Bertz CT molecular complexity index is 1030. The number of hydrogen-bond acceptors (Lipinski definition) is 5. The molecule has 3 rings (SSSR count). The number of amides is 1. The molecule has 0 aliphatic rings. The number of aromatic amines is 1. The molecule has 0 spiro atoms. The smallest absolute Gasteiger partial charge is 0.260 e. The highest BCUT2D eigenvalue weighted by atomic mass is 35.5. The number of rotatable bonds is 5. The maximum Gasteiger partial charge on any atom is 0.260 e. The van der Waals surface area contributed by atoms with Gasteiger partial charge in [-0.3, -0.25) is 9.59 Å². The monoisotopic (exact) mass is 393 g/mol. The molecule has 0 atom stereocenters. The van der Waals surface area contributed by atoms with Crippen LogP contribution >= 0.6 is 34.7 Å². The van der Waals surface area contributed by atoms with E-state index in [1.54, 1.807) is 0 Å². The van der Waals surface area contributed by atoms with Crippen molar-refractivity contribution in [3.8, 4) is 11.1 Å². The summed E-state index contributed by atoms with van der Waals surface area (Å²) in [6, 6.07) is 5.73. The lowest BCUT2D eigenvalue weighted by Gasteiger charge is -2.05. The molecular formula is C17H16ClN3O2S2. The zero-order valence-corrected chi connectivity index (χ0v) is 16.1. The van der Waals surface area contributed by atoms with Crippen molar-refractivity contribution in [2.45, 2.75) is 25.4 Å². The summed E-state index contributed by atoms with van der Waals surface area (Å²) in [7, 11) is 0. The van der Waals surface area contributed by atoms with Crippen molar-refractivity contribution in [1.82, 2.24) is 9.97 Å². The quantitative estimate of drug-likeness (QED) is 0.508. The molecule has 0 unspecified atom stereocenters. The molecule has 3 aromatic rings. The van der Waals surface area contributed by atoms with E-state index < -0.39 is 0 Å². The average molecular weight is 394 g/mol. The van der Waals surface area contributed by atoms with Crippen molar-refractivity contribution in [3.63, 3.8) is 0 Å². The van der Waals surface area contributed by atoms with Gasteiger partial charge in [0, 0.05) is 27.6 Å². The van der Waals surface area contributed by atoms with E-state index in [2.05, 4.69) is 9.97 Å². The Morgan fingerprint density at radius 2 is 2.16 bits per heavy atom. The van der Waals surface area contributed by atoms with Crippen LogP contribution in [0.5, 0.6) is 0 Å². The molecule has 2 heterocycles. The van der Waals surface area contributed by atoms with Gasteiger partial charge in [0.1, 0.15) is 4.83 Å². The van der Waals surface area contributed by atoms with Crippen LogP contribution in [0.4, 0.5) is 0 Å². The number of halogens is 1. The molecular weight excluding hydrogens is 378 g/mol. The summed E-state index contributed by atoms with van der Waals surface area (Å²) in [6.07, 6.45) is 0.241. The normalized spacial score (nSPS) is 11.2. The minimum atomic E-state index is -0.372. The lowest BCUT2D eigenvalue weighted by Crippen LogP contribution is -2.12. The van der Waals surface area contributed by atoms with Gasteiger partial charge < -0.3 is 10.7 Å². The second-order valence-corrected chi connectivity index (χ2v) is 8.31. The number of H-pyrrole nitrogens is 1. The van der Waals surface area contributed by atoms with Gasteiger partial charge in [-0.15, -0.1) is 11.3 Å². The molecule has 0 radical (unpaired) electrons. The fraction of sp³-hybridized carbons (Fsp3) is 0.235. The van der Waals surface area contributed by atoms with Gasteiger partial charge in [0.15, 0.2) is 5.16 Å². The Kier molecular flexibility index (Phi) is 5.17. The largest absolute Gasteiger partial charge is 0.370 e. The number of nitrogens with one attached hydrogen (secondary N) is 1. The first-order valence-corrected chi connectivity index (χ1v) is 9.76. The van der Waals surface area contributed by atoms with Gasteiger partial charge in [0.05, 0.1) is 5.39 Å². The Labute approximate surface area is 157 Å². The molecule has 0 aliphatic heterocycles. The van der Waals surface area contributed by atoms with Crippen LogP contribution < -0.4 is 11.3 Å². The molecule has 5 nitrogen and oxygen atoms in total. The number of aryl methyl sites for hydroxylation is 2. The van der Waals surface area contributed by atoms with Crippen molar-refractivity contribution >= 4 is 50.8 Å². The maximum atomic E-state index is 12.6. The van der Waals surface area contributed by atoms with E-state index in [0.29, 0.717) is 26.1 Å². The second-order valence-electron chi connectivity index (χ2n) is 5.61. The maximum absolute atomic E-state index is 12.6. The number of thioether (sulfide) groups is 1. The number of benzene rings is 1. The number of carbonyl (C=O) groups is 1. The second kappa shape index (κ2) is 7.19. The SMILES string of the molecule is Cc1cc(-c2c(C)sc3nc(SCCC(N)=O)[nH]c(=O)c23)ccc1Cl. The third kappa shape index (κ3) is 3.73. The van der Waals surface area contributed by atoms with Crippen molar-refractivity contribution in [2.75, 3.05) is 5.75 Å². The van der Waals surface area contributed by atoms with Crippen LogP contribution in [0.2, 0.25) is 5.02 Å². The van der Waals surface area contributed by atoms with Crippen LogP contribution in [-0.2, 0) is 4.79 Å². The highest BCUT2D eigenvalue weighted by Crippen LogP contribution is 2.37. The van der Waals surface area contributed by atoms with Crippen LogP contribution in [-0.4, -0.2) is 21.6 Å². The van der Waals surface area contributed by atoms with Gasteiger partial charge in [-0.1, -0.05) is 29.4 Å². The van der Waals surface area contributed by atoms with Gasteiger partial charge in [-0.05, 0) is 37.1 Å². The number of carbonyl (C=O) groups excluding carboxylic acids is 1. The summed E-state index contributed by atoms with van der Waals surface area (Å²) >= 11 is 8.91. The molecule has 3 N–H and O–H groups in total. The molecule has 0 bridgehead atoms. The van der Waals surface area contributed by atoms with E-state index in [9.17, 15) is 9.59 Å². The Hall–Kier alpha value is -1.83. The summed E-state index contributed by atoms with van der Waals surface area (Å²) in [5, 5.41) is 1.78. The average Bonchev–Trinajstić information content (AvgIpc) is 2.86. The van der Waals surface area contributed by atoms with Crippen molar-refractivity contribution < 1.29 is 4.79 Å². The van der Waals surface area contributed by atoms with E-state index in [0.717, 1.165) is 21.6 Å². The molecule has 0 fully saturated rings. The van der Waals surface area contributed by atoms with E-state index in [1.165, 1.54) is 23.1 Å². The van der Waals surface area contributed by atoms with Crippen LogP contribution in [0.15, 0.2) is 28.2 Å². The van der Waals surface area contributed by atoms with E-state index in [-0.39, 0.29) is 17.9 Å². The first-order chi connectivity index (χ1) is 11.9. The summed E-state index contributed by atoms with van der Waals surface area (Å²) in [5.41, 5.74) is 7.75. The van der Waals surface area contributed by atoms with Crippen LogP contribution in [0.1, 0.15) is 16.9 Å². The summed E-state index contributed by atoms with van der Waals surface area (Å²) in [6.45, 7) is 3.91. The molecule has 1 amide bonds. The topological polar surface area (TPSA) is 88.8 Å². The number of primary amides is 1. The molecule has 0 aliphatic carbocycles. The molecule has 2 aromatic heterocycles. The number of aromatic nitrogens is 2. The van der Waals surface area contributed by atoms with Gasteiger partial charge in [-0.2, -0.15) is 0 Å². The number of hydrogen-bond donors (Lipinski definition) is 2. The summed E-state index contributed by atoms with van der Waals surface area (Å²) in [5.74, 6) is 0.112. The summed E-state index contributed by atoms with van der Waals surface area (Å²) in [4.78, 5) is 32.5.